The molecule has 1 saturated heterocycles. The van der Waals surface area contributed by atoms with Crippen LogP contribution in [0.15, 0.2) is 24.4 Å². The fourth-order valence-electron chi connectivity index (χ4n) is 4.59. The molecule has 0 saturated carbocycles. The molecule has 2 aromatic heterocycles. The van der Waals surface area contributed by atoms with E-state index < -0.39 is 0 Å². The summed E-state index contributed by atoms with van der Waals surface area (Å²) >= 11 is 0. The van der Waals surface area contributed by atoms with Gasteiger partial charge in [0.2, 0.25) is 5.95 Å². The molecule has 1 fully saturated rings. The number of fused-ring (bicyclic) bond motifs is 1. The molecule has 0 radical (unpaired) electrons. The second-order valence-corrected chi connectivity index (χ2v) is 9.23. The van der Waals surface area contributed by atoms with Crippen LogP contribution in [-0.4, -0.2) is 93.5 Å². The van der Waals surface area contributed by atoms with Gasteiger partial charge in [-0.25, -0.2) is 4.98 Å². The summed E-state index contributed by atoms with van der Waals surface area (Å²) in [5, 5.41) is 17.4. The fraction of sp³-hybridized carbons (Fsp3) is 0.520. The van der Waals surface area contributed by atoms with Gasteiger partial charge in [-0.1, -0.05) is 19.4 Å². The molecule has 3 aromatic rings. The number of nitrogens with two attached hydrogens (primary N) is 1. The Labute approximate surface area is 211 Å². The van der Waals surface area contributed by atoms with Crippen LogP contribution in [0.1, 0.15) is 42.1 Å². The predicted octanol–water partition coefficient (Wildman–Crippen LogP) is 1.82. The van der Waals surface area contributed by atoms with E-state index in [2.05, 4.69) is 39.3 Å². The number of anilines is 2. The maximum Gasteiger partial charge on any atom is 0.254 e. The minimum Gasteiger partial charge on any atom is -0.496 e. The van der Waals surface area contributed by atoms with Crippen LogP contribution in [0.2, 0.25) is 0 Å². The standard InChI is InChI=1S/C25H36N8O3/c1-4-5-19(8-13-34)28-23-22-20(29-25(26)30-23)15-27-33(22)16-18-7-6-17(14-21(18)36-3)24(35)32-11-9-31(2)10-12-32/h6-7,14-15,19,34H,4-5,8-13,16H2,1-3H3,(H3,26,28,29,30)/t19-/m0/s1. The zero-order valence-corrected chi connectivity index (χ0v) is 21.3. The largest absolute Gasteiger partial charge is 0.496 e. The maximum atomic E-state index is 13.0. The Balaban J connectivity index is 1.61. The number of rotatable bonds is 10. The van der Waals surface area contributed by atoms with E-state index in [9.17, 15) is 9.90 Å². The first-order valence-electron chi connectivity index (χ1n) is 12.4. The number of carbonyl (C=O) groups is 1. The summed E-state index contributed by atoms with van der Waals surface area (Å²) in [4.78, 5) is 25.9. The topological polar surface area (TPSA) is 135 Å². The Hall–Kier alpha value is -3.44. The molecule has 1 aliphatic heterocycles. The summed E-state index contributed by atoms with van der Waals surface area (Å²) in [7, 11) is 3.67. The molecular weight excluding hydrogens is 460 g/mol. The van der Waals surface area contributed by atoms with E-state index in [1.54, 1.807) is 24.1 Å². The van der Waals surface area contributed by atoms with Crippen molar-refractivity contribution in [2.45, 2.75) is 38.8 Å². The number of methoxy groups -OCH3 is 1. The van der Waals surface area contributed by atoms with Gasteiger partial charge in [-0.3, -0.25) is 9.48 Å². The molecule has 11 heteroatoms. The molecule has 4 rings (SSSR count). The molecule has 0 aliphatic carbocycles. The molecule has 1 aromatic carbocycles. The van der Waals surface area contributed by atoms with Crippen LogP contribution >= 0.6 is 0 Å². The van der Waals surface area contributed by atoms with Crippen molar-refractivity contribution in [1.82, 2.24) is 29.5 Å². The SMILES string of the molecule is CCC[C@@H](CCO)Nc1nc(N)nc2cnn(Cc3ccc(C(=O)N4CCN(C)CC4)cc3OC)c12. The van der Waals surface area contributed by atoms with Crippen LogP contribution in [0.25, 0.3) is 11.0 Å². The molecule has 0 spiro atoms. The van der Waals surface area contributed by atoms with Crippen molar-refractivity contribution in [3.8, 4) is 5.75 Å². The number of aliphatic hydroxyl groups is 1. The molecule has 0 unspecified atom stereocenters. The van der Waals surface area contributed by atoms with Crippen LogP contribution in [-0.2, 0) is 6.54 Å². The van der Waals surface area contributed by atoms with Crippen molar-refractivity contribution in [3.63, 3.8) is 0 Å². The van der Waals surface area contributed by atoms with E-state index in [0.717, 1.165) is 37.0 Å². The summed E-state index contributed by atoms with van der Waals surface area (Å²) in [5.74, 6) is 1.38. The van der Waals surface area contributed by atoms with Crippen molar-refractivity contribution in [2.24, 2.45) is 0 Å². The van der Waals surface area contributed by atoms with Crippen molar-refractivity contribution in [1.29, 1.82) is 0 Å². The van der Waals surface area contributed by atoms with Gasteiger partial charge >= 0.3 is 0 Å². The lowest BCUT2D eigenvalue weighted by Gasteiger charge is -2.32. The van der Waals surface area contributed by atoms with E-state index in [0.29, 0.717) is 48.7 Å². The van der Waals surface area contributed by atoms with Gasteiger partial charge in [0.1, 0.15) is 16.8 Å². The average molecular weight is 497 g/mol. The predicted molar refractivity (Wildman–Crippen MR) is 139 cm³/mol. The highest BCUT2D eigenvalue weighted by Crippen LogP contribution is 2.27. The summed E-state index contributed by atoms with van der Waals surface area (Å²) in [6.45, 7) is 5.75. The number of aromatic nitrogens is 4. The van der Waals surface area contributed by atoms with Gasteiger partial charge in [-0.2, -0.15) is 10.1 Å². The molecule has 11 nitrogen and oxygen atoms in total. The van der Waals surface area contributed by atoms with E-state index in [4.69, 9.17) is 10.5 Å². The highest BCUT2D eigenvalue weighted by atomic mass is 16.5. The molecule has 1 aliphatic rings. The molecule has 194 valence electrons. The first-order chi connectivity index (χ1) is 17.4. The molecule has 4 N–H and O–H groups in total. The smallest absolute Gasteiger partial charge is 0.254 e. The lowest BCUT2D eigenvalue weighted by atomic mass is 10.1. The van der Waals surface area contributed by atoms with E-state index in [-0.39, 0.29) is 24.5 Å². The lowest BCUT2D eigenvalue weighted by Crippen LogP contribution is -2.47. The van der Waals surface area contributed by atoms with Gasteiger partial charge in [0.25, 0.3) is 5.91 Å². The number of hydrogen-bond acceptors (Lipinski definition) is 9. The van der Waals surface area contributed by atoms with Crippen molar-refractivity contribution >= 4 is 28.7 Å². The van der Waals surface area contributed by atoms with Crippen LogP contribution in [0.3, 0.4) is 0 Å². The summed E-state index contributed by atoms with van der Waals surface area (Å²) in [6.07, 6.45) is 4.12. The number of hydrogen-bond donors (Lipinski definition) is 3. The third kappa shape index (κ3) is 5.68. The number of benzene rings is 1. The fourth-order valence-corrected chi connectivity index (χ4v) is 4.59. The highest BCUT2D eigenvalue weighted by Gasteiger charge is 2.22. The molecular formula is C25H36N8O3. The van der Waals surface area contributed by atoms with Crippen LogP contribution in [0.4, 0.5) is 11.8 Å². The summed E-state index contributed by atoms with van der Waals surface area (Å²) in [5.41, 5.74) is 8.80. The van der Waals surface area contributed by atoms with Gasteiger partial charge < -0.3 is 30.7 Å². The van der Waals surface area contributed by atoms with Gasteiger partial charge in [-0.15, -0.1) is 0 Å². The van der Waals surface area contributed by atoms with Crippen molar-refractivity contribution in [3.05, 3.63) is 35.5 Å². The Kier molecular flexibility index (Phi) is 8.21. The minimum absolute atomic E-state index is 0.0127. The van der Waals surface area contributed by atoms with Crippen LogP contribution < -0.4 is 15.8 Å². The second kappa shape index (κ2) is 11.5. The number of nitrogens with one attached hydrogen (secondary N) is 1. The van der Waals surface area contributed by atoms with Gasteiger partial charge in [-0.05, 0) is 32.0 Å². The normalized spacial score (nSPS) is 15.3. The second-order valence-electron chi connectivity index (χ2n) is 9.23. The number of carbonyl (C=O) groups excluding carboxylic acids is 1. The van der Waals surface area contributed by atoms with Gasteiger partial charge in [0, 0.05) is 50.0 Å². The molecule has 1 atom stereocenters. The Morgan fingerprint density at radius 3 is 2.69 bits per heavy atom. The van der Waals surface area contributed by atoms with Crippen molar-refractivity contribution in [2.75, 3.05) is 58.0 Å². The zero-order valence-electron chi connectivity index (χ0n) is 21.3. The van der Waals surface area contributed by atoms with E-state index in [1.807, 2.05) is 17.0 Å². The van der Waals surface area contributed by atoms with E-state index in [1.165, 1.54) is 0 Å². The number of amides is 1. The third-order valence-corrected chi connectivity index (χ3v) is 6.61. The van der Waals surface area contributed by atoms with Crippen molar-refractivity contribution < 1.29 is 14.6 Å². The van der Waals surface area contributed by atoms with Crippen LogP contribution in [0, 0.1) is 0 Å². The third-order valence-electron chi connectivity index (χ3n) is 6.61. The minimum atomic E-state index is 0.0127. The van der Waals surface area contributed by atoms with Gasteiger partial charge in [0.05, 0.1) is 19.9 Å². The number of aliphatic hydroxyl groups excluding tert-OH is 1. The van der Waals surface area contributed by atoms with Gasteiger partial charge in [0.15, 0.2) is 5.82 Å². The van der Waals surface area contributed by atoms with E-state index >= 15 is 0 Å². The quantitative estimate of drug-likeness (QED) is 0.384. The molecule has 3 heterocycles. The molecule has 0 bridgehead atoms. The Bertz CT molecular complexity index is 1180. The number of likely N-dealkylation sites (N-methyl/N-ethyl adjacent to an activating group) is 1. The molecule has 1 amide bonds. The number of piperazine rings is 1. The maximum absolute atomic E-state index is 13.0. The average Bonchev–Trinajstić information content (AvgIpc) is 3.27. The Morgan fingerprint density at radius 1 is 1.22 bits per heavy atom. The first-order valence-corrected chi connectivity index (χ1v) is 12.4. The first kappa shape index (κ1) is 25.6. The number of nitrogens with zero attached hydrogens (tertiary/aromatic N) is 6. The number of ether oxygens (including phenoxy) is 1. The number of nitrogen functional groups attached to an aromatic ring is 1. The summed E-state index contributed by atoms with van der Waals surface area (Å²) in [6, 6.07) is 5.60. The lowest BCUT2D eigenvalue weighted by molar-refractivity contribution is 0.0663. The highest BCUT2D eigenvalue weighted by molar-refractivity contribution is 5.95. The Morgan fingerprint density at radius 2 is 2.00 bits per heavy atom. The monoisotopic (exact) mass is 496 g/mol. The molecule has 36 heavy (non-hydrogen) atoms. The van der Waals surface area contributed by atoms with Crippen LogP contribution in [0.5, 0.6) is 5.75 Å². The zero-order chi connectivity index (χ0) is 25.7. The summed E-state index contributed by atoms with van der Waals surface area (Å²) < 4.78 is 7.47.